The first kappa shape index (κ1) is 24.2. The summed E-state index contributed by atoms with van der Waals surface area (Å²) in [5, 5.41) is 16.8. The third kappa shape index (κ3) is 5.86. The van der Waals surface area contributed by atoms with Crippen molar-refractivity contribution in [3.8, 4) is 0 Å². The molecular formula is C20H24F3N7O3. The summed E-state index contributed by atoms with van der Waals surface area (Å²) < 4.78 is 43.1. The summed E-state index contributed by atoms with van der Waals surface area (Å²) in [5.41, 5.74) is 0.881. The topological polar surface area (TPSA) is 118 Å². The number of halogens is 3. The molecule has 33 heavy (non-hydrogen) atoms. The molecule has 0 aliphatic carbocycles. The predicted octanol–water partition coefficient (Wildman–Crippen LogP) is 3.40. The van der Waals surface area contributed by atoms with Crippen LogP contribution in [0.15, 0.2) is 18.3 Å². The van der Waals surface area contributed by atoms with Gasteiger partial charge >= 0.3 is 12.1 Å². The molecule has 178 valence electrons. The Bertz CT molecular complexity index is 1130. The fourth-order valence-corrected chi connectivity index (χ4v) is 3.18. The lowest BCUT2D eigenvalue weighted by atomic mass is 10.3. The average molecular weight is 467 g/mol. The van der Waals surface area contributed by atoms with Crippen LogP contribution < -0.4 is 10.2 Å². The van der Waals surface area contributed by atoms with Crippen LogP contribution in [0.5, 0.6) is 0 Å². The van der Waals surface area contributed by atoms with Gasteiger partial charge in [0, 0.05) is 19.3 Å². The third-order valence-corrected chi connectivity index (χ3v) is 4.70. The third-order valence-electron chi connectivity index (χ3n) is 4.70. The number of hydrogen-bond donors (Lipinski definition) is 2. The number of aromatic carboxylic acids is 1. The smallest absolute Gasteiger partial charge is 0.411 e. The molecule has 0 amide bonds. The maximum Gasteiger partial charge on any atom is 0.411 e. The second-order valence-electron chi connectivity index (χ2n) is 7.13. The molecule has 0 bridgehead atoms. The second-order valence-corrected chi connectivity index (χ2v) is 7.13. The first-order valence-corrected chi connectivity index (χ1v) is 10.2. The molecule has 0 unspecified atom stereocenters. The zero-order valence-corrected chi connectivity index (χ0v) is 18.3. The summed E-state index contributed by atoms with van der Waals surface area (Å²) in [7, 11) is 0. The highest BCUT2D eigenvalue weighted by Gasteiger charge is 2.28. The van der Waals surface area contributed by atoms with Crippen molar-refractivity contribution in [2.75, 3.05) is 36.5 Å². The van der Waals surface area contributed by atoms with Crippen molar-refractivity contribution in [3.63, 3.8) is 0 Å². The Kier molecular flexibility index (Phi) is 7.31. The minimum atomic E-state index is -4.47. The Morgan fingerprint density at radius 2 is 2.00 bits per heavy atom. The average Bonchev–Trinajstić information content (AvgIpc) is 3.11. The monoisotopic (exact) mass is 467 g/mol. The summed E-state index contributed by atoms with van der Waals surface area (Å²) in [6.07, 6.45) is -2.87. The van der Waals surface area contributed by atoms with Gasteiger partial charge in [-0.25, -0.2) is 14.8 Å². The van der Waals surface area contributed by atoms with Crippen molar-refractivity contribution in [1.82, 2.24) is 24.7 Å². The molecule has 3 aromatic rings. The summed E-state index contributed by atoms with van der Waals surface area (Å²) in [6, 6.07) is 3.59. The summed E-state index contributed by atoms with van der Waals surface area (Å²) >= 11 is 0. The van der Waals surface area contributed by atoms with E-state index in [2.05, 4.69) is 30.1 Å². The highest BCUT2D eigenvalue weighted by atomic mass is 19.4. The molecule has 13 heteroatoms. The number of hydrogen-bond acceptors (Lipinski definition) is 8. The number of rotatable bonds is 10. The number of carbonyl (C=O) groups is 1. The lowest BCUT2D eigenvalue weighted by Gasteiger charge is -2.20. The number of aromatic nitrogens is 5. The van der Waals surface area contributed by atoms with Gasteiger partial charge in [0.2, 0.25) is 5.95 Å². The number of fused-ring (bicyclic) bond motifs is 1. The summed E-state index contributed by atoms with van der Waals surface area (Å²) in [4.78, 5) is 26.9. The molecule has 0 fully saturated rings. The van der Waals surface area contributed by atoms with Crippen LogP contribution >= 0.6 is 0 Å². The summed E-state index contributed by atoms with van der Waals surface area (Å²) in [6.45, 7) is 4.96. The largest absolute Gasteiger partial charge is 0.476 e. The normalized spacial score (nSPS) is 11.7. The molecule has 0 aliphatic heterocycles. The van der Waals surface area contributed by atoms with E-state index in [4.69, 9.17) is 0 Å². The molecule has 3 aromatic heterocycles. The molecule has 0 aliphatic rings. The lowest BCUT2D eigenvalue weighted by Crippen LogP contribution is -2.24. The molecule has 0 radical (unpaired) electrons. The Morgan fingerprint density at radius 1 is 1.27 bits per heavy atom. The van der Waals surface area contributed by atoms with Crippen molar-refractivity contribution in [3.05, 3.63) is 29.6 Å². The van der Waals surface area contributed by atoms with Gasteiger partial charge in [0.15, 0.2) is 11.5 Å². The number of aryl methyl sites for hydroxylation is 1. The molecule has 3 rings (SSSR count). The molecule has 0 saturated heterocycles. The fourth-order valence-electron chi connectivity index (χ4n) is 3.18. The highest BCUT2D eigenvalue weighted by Crippen LogP contribution is 2.29. The van der Waals surface area contributed by atoms with E-state index in [9.17, 15) is 23.1 Å². The lowest BCUT2D eigenvalue weighted by molar-refractivity contribution is -0.174. The van der Waals surface area contributed by atoms with E-state index in [0.29, 0.717) is 18.9 Å². The van der Waals surface area contributed by atoms with E-state index in [1.54, 1.807) is 12.3 Å². The minimum absolute atomic E-state index is 0.0605. The van der Waals surface area contributed by atoms with Gasteiger partial charge in [-0.3, -0.25) is 4.68 Å². The van der Waals surface area contributed by atoms with Crippen LogP contribution in [0.2, 0.25) is 0 Å². The van der Waals surface area contributed by atoms with Gasteiger partial charge in [-0.05, 0) is 38.5 Å². The number of carboxylic acid groups (broad SMARTS) is 1. The van der Waals surface area contributed by atoms with Crippen LogP contribution in [0.4, 0.5) is 30.8 Å². The zero-order chi connectivity index (χ0) is 24.2. The number of carboxylic acids is 1. The second kappa shape index (κ2) is 9.98. The Balaban J connectivity index is 2.11. The molecule has 0 spiro atoms. The van der Waals surface area contributed by atoms with Gasteiger partial charge in [-0.15, -0.1) is 0 Å². The Morgan fingerprint density at radius 3 is 2.61 bits per heavy atom. The summed E-state index contributed by atoms with van der Waals surface area (Å²) in [5.74, 6) is -0.342. The van der Waals surface area contributed by atoms with Crippen molar-refractivity contribution in [2.24, 2.45) is 0 Å². The van der Waals surface area contributed by atoms with Gasteiger partial charge < -0.3 is 20.1 Å². The van der Waals surface area contributed by atoms with E-state index in [-0.39, 0.29) is 41.6 Å². The molecule has 0 saturated carbocycles. The van der Waals surface area contributed by atoms with Crippen LogP contribution in [-0.2, 0) is 11.3 Å². The van der Waals surface area contributed by atoms with Gasteiger partial charge in [-0.1, -0.05) is 0 Å². The van der Waals surface area contributed by atoms with Crippen LogP contribution in [0.1, 0.15) is 29.9 Å². The molecule has 3 heterocycles. The SMILES string of the molecule is CCN(CC)c1nc(Nc2cc(C)ccn2)c2c(n1)c(C(=O)O)nn2CCOCC(F)(F)F. The predicted molar refractivity (Wildman–Crippen MR) is 115 cm³/mol. The van der Waals surface area contributed by atoms with E-state index >= 15 is 0 Å². The molecular weight excluding hydrogens is 443 g/mol. The van der Waals surface area contributed by atoms with Crippen LogP contribution in [-0.4, -0.2) is 68.3 Å². The van der Waals surface area contributed by atoms with Gasteiger partial charge in [-0.2, -0.15) is 23.3 Å². The first-order valence-electron chi connectivity index (χ1n) is 10.2. The van der Waals surface area contributed by atoms with Crippen molar-refractivity contribution < 1.29 is 27.8 Å². The first-order chi connectivity index (χ1) is 15.6. The Hall–Kier alpha value is -3.48. The Labute approximate surface area is 187 Å². The molecule has 10 nitrogen and oxygen atoms in total. The molecule has 0 atom stereocenters. The van der Waals surface area contributed by atoms with Gasteiger partial charge in [0.05, 0.1) is 13.2 Å². The van der Waals surface area contributed by atoms with Crippen LogP contribution in [0, 0.1) is 6.92 Å². The maximum absolute atomic E-state index is 12.4. The van der Waals surface area contributed by atoms with Crippen molar-refractivity contribution >= 4 is 34.6 Å². The number of ether oxygens (including phenoxy) is 1. The number of nitrogens with zero attached hydrogens (tertiary/aromatic N) is 6. The number of alkyl halides is 3. The number of anilines is 3. The minimum Gasteiger partial charge on any atom is -0.476 e. The quantitative estimate of drug-likeness (QED) is 0.433. The van der Waals surface area contributed by atoms with Crippen LogP contribution in [0.3, 0.4) is 0 Å². The maximum atomic E-state index is 12.4. The zero-order valence-electron chi connectivity index (χ0n) is 18.3. The fraction of sp³-hybridized carbons (Fsp3) is 0.450. The van der Waals surface area contributed by atoms with E-state index in [1.165, 1.54) is 4.68 Å². The molecule has 2 N–H and O–H groups in total. The van der Waals surface area contributed by atoms with E-state index in [1.807, 2.05) is 31.7 Å². The van der Waals surface area contributed by atoms with Crippen molar-refractivity contribution in [2.45, 2.75) is 33.5 Å². The molecule has 0 aromatic carbocycles. The number of pyridine rings is 1. The van der Waals surface area contributed by atoms with Crippen LogP contribution in [0.25, 0.3) is 11.0 Å². The number of nitrogens with one attached hydrogen (secondary N) is 1. The van der Waals surface area contributed by atoms with E-state index in [0.717, 1.165) is 5.56 Å². The van der Waals surface area contributed by atoms with E-state index < -0.39 is 18.8 Å². The standard InChI is InChI=1S/C20H24F3N7O3/c1-4-29(5-2)19-26-14-15(18(31)32)28-30(8-9-33-11-20(21,22)23)16(14)17(27-19)25-13-10-12(3)6-7-24-13/h6-7,10H,4-5,8-9,11H2,1-3H3,(H,31,32)(H,24,25,26,27). The highest BCUT2D eigenvalue weighted by molar-refractivity contribution is 6.03. The van der Waals surface area contributed by atoms with Gasteiger partial charge in [0.1, 0.15) is 23.5 Å². The van der Waals surface area contributed by atoms with Crippen molar-refractivity contribution in [1.29, 1.82) is 0 Å². The van der Waals surface area contributed by atoms with Gasteiger partial charge in [0.25, 0.3) is 0 Å².